The van der Waals surface area contributed by atoms with E-state index in [4.69, 9.17) is 34.8 Å². The zero-order valence-corrected chi connectivity index (χ0v) is 13.1. The van der Waals surface area contributed by atoms with Gasteiger partial charge in [0.1, 0.15) is 5.75 Å². The van der Waals surface area contributed by atoms with Gasteiger partial charge in [0.15, 0.2) is 0 Å². The molecule has 0 heterocycles. The minimum Gasteiger partial charge on any atom is -0.506 e. The van der Waals surface area contributed by atoms with E-state index in [1.807, 2.05) is 31.2 Å². The molecule has 2 aromatic rings. The van der Waals surface area contributed by atoms with Gasteiger partial charge in [-0.2, -0.15) is 0 Å². The van der Waals surface area contributed by atoms with Gasteiger partial charge >= 0.3 is 0 Å². The molecule has 2 aromatic carbocycles. The summed E-state index contributed by atoms with van der Waals surface area (Å²) in [6.45, 7) is 2.50. The van der Waals surface area contributed by atoms with Gasteiger partial charge in [-0.05, 0) is 36.8 Å². The molecule has 0 aliphatic heterocycles. The van der Waals surface area contributed by atoms with Gasteiger partial charge < -0.3 is 10.4 Å². The molecule has 1 atom stereocenters. The minimum atomic E-state index is 0.0619. The fourth-order valence-electron chi connectivity index (χ4n) is 1.89. The van der Waals surface area contributed by atoms with Gasteiger partial charge in [0.25, 0.3) is 0 Å². The molecule has 0 aliphatic carbocycles. The third-order valence-corrected chi connectivity index (χ3v) is 3.83. The van der Waals surface area contributed by atoms with Gasteiger partial charge in [0, 0.05) is 28.2 Å². The maximum absolute atomic E-state index is 9.89. The quantitative estimate of drug-likeness (QED) is 0.807. The first-order chi connectivity index (χ1) is 9.47. The second-order valence-electron chi connectivity index (χ2n) is 4.55. The molecule has 1 unspecified atom stereocenters. The Morgan fingerprint density at radius 2 is 1.70 bits per heavy atom. The van der Waals surface area contributed by atoms with Crippen molar-refractivity contribution in [3.05, 3.63) is 62.6 Å². The third-order valence-electron chi connectivity index (χ3n) is 3.08. The van der Waals surface area contributed by atoms with Crippen LogP contribution in [0.4, 0.5) is 0 Å². The van der Waals surface area contributed by atoms with E-state index in [2.05, 4.69) is 5.32 Å². The molecule has 0 aliphatic rings. The SMILES string of the molecule is CC(NCc1cc(Cl)cc(Cl)c1O)c1ccc(Cl)cc1. The summed E-state index contributed by atoms with van der Waals surface area (Å²) in [4.78, 5) is 0. The average molecular weight is 331 g/mol. The number of aromatic hydroxyl groups is 1. The van der Waals surface area contributed by atoms with Crippen molar-refractivity contribution in [1.82, 2.24) is 5.32 Å². The maximum atomic E-state index is 9.89. The first kappa shape index (κ1) is 15.5. The lowest BCUT2D eigenvalue weighted by atomic mass is 10.1. The van der Waals surface area contributed by atoms with E-state index in [-0.39, 0.29) is 16.8 Å². The highest BCUT2D eigenvalue weighted by molar-refractivity contribution is 6.35. The van der Waals surface area contributed by atoms with Crippen LogP contribution in [0.25, 0.3) is 0 Å². The highest BCUT2D eigenvalue weighted by Gasteiger charge is 2.10. The third kappa shape index (κ3) is 3.80. The number of phenolic OH excluding ortho intramolecular Hbond substituents is 1. The predicted molar refractivity (Wildman–Crippen MR) is 84.8 cm³/mol. The molecule has 20 heavy (non-hydrogen) atoms. The molecule has 0 radical (unpaired) electrons. The van der Waals surface area contributed by atoms with Crippen LogP contribution in [0.1, 0.15) is 24.1 Å². The van der Waals surface area contributed by atoms with E-state index in [1.54, 1.807) is 6.07 Å². The minimum absolute atomic E-state index is 0.0619. The Bertz CT molecular complexity index is 599. The van der Waals surface area contributed by atoms with Crippen molar-refractivity contribution >= 4 is 34.8 Å². The van der Waals surface area contributed by atoms with E-state index < -0.39 is 0 Å². The number of rotatable bonds is 4. The Hall–Kier alpha value is -0.930. The molecule has 106 valence electrons. The number of phenols is 1. The van der Waals surface area contributed by atoms with Gasteiger partial charge in [-0.1, -0.05) is 46.9 Å². The van der Waals surface area contributed by atoms with Gasteiger partial charge in [0.2, 0.25) is 0 Å². The van der Waals surface area contributed by atoms with Gasteiger partial charge in [-0.3, -0.25) is 0 Å². The molecule has 0 spiro atoms. The fourth-order valence-corrected chi connectivity index (χ4v) is 2.55. The normalized spacial score (nSPS) is 12.4. The van der Waals surface area contributed by atoms with Crippen LogP contribution in [0.2, 0.25) is 15.1 Å². The topological polar surface area (TPSA) is 32.3 Å². The molecule has 0 bridgehead atoms. The second-order valence-corrected chi connectivity index (χ2v) is 5.83. The van der Waals surface area contributed by atoms with Crippen molar-refractivity contribution < 1.29 is 5.11 Å². The summed E-state index contributed by atoms with van der Waals surface area (Å²) in [5.74, 6) is 0.0619. The van der Waals surface area contributed by atoms with Crippen molar-refractivity contribution in [3.63, 3.8) is 0 Å². The summed E-state index contributed by atoms with van der Waals surface area (Å²) < 4.78 is 0. The Labute approximate surface area is 133 Å². The average Bonchev–Trinajstić information content (AvgIpc) is 2.41. The molecule has 0 aromatic heterocycles. The summed E-state index contributed by atoms with van der Waals surface area (Å²) in [6.07, 6.45) is 0. The highest BCUT2D eigenvalue weighted by atomic mass is 35.5. The predicted octanol–water partition coefficient (Wildman–Crippen LogP) is 5.20. The Kier molecular flexibility index (Phi) is 5.17. The zero-order valence-electron chi connectivity index (χ0n) is 10.8. The number of nitrogens with one attached hydrogen (secondary N) is 1. The summed E-state index contributed by atoms with van der Waals surface area (Å²) >= 11 is 17.7. The van der Waals surface area contributed by atoms with Crippen molar-refractivity contribution in [2.45, 2.75) is 19.5 Å². The maximum Gasteiger partial charge on any atom is 0.138 e. The number of benzene rings is 2. The zero-order chi connectivity index (χ0) is 14.7. The van der Waals surface area contributed by atoms with Crippen LogP contribution >= 0.6 is 34.8 Å². The van der Waals surface area contributed by atoms with Crippen LogP contribution in [0, 0.1) is 0 Å². The van der Waals surface area contributed by atoms with E-state index in [0.29, 0.717) is 22.2 Å². The Balaban J connectivity index is 2.07. The highest BCUT2D eigenvalue weighted by Crippen LogP contribution is 2.31. The van der Waals surface area contributed by atoms with Gasteiger partial charge in [-0.15, -0.1) is 0 Å². The molecule has 2 N–H and O–H groups in total. The van der Waals surface area contributed by atoms with Gasteiger partial charge in [-0.25, -0.2) is 0 Å². The Morgan fingerprint density at radius 3 is 2.35 bits per heavy atom. The van der Waals surface area contributed by atoms with Gasteiger partial charge in [0.05, 0.1) is 5.02 Å². The lowest BCUT2D eigenvalue weighted by molar-refractivity contribution is 0.460. The smallest absolute Gasteiger partial charge is 0.138 e. The van der Waals surface area contributed by atoms with E-state index in [0.717, 1.165) is 5.56 Å². The van der Waals surface area contributed by atoms with E-state index in [9.17, 15) is 5.11 Å². The van der Waals surface area contributed by atoms with E-state index in [1.165, 1.54) is 6.07 Å². The molecule has 2 nitrogen and oxygen atoms in total. The summed E-state index contributed by atoms with van der Waals surface area (Å²) in [6, 6.07) is 11.0. The summed E-state index contributed by atoms with van der Waals surface area (Å²) in [7, 11) is 0. The molecule has 0 saturated heterocycles. The van der Waals surface area contributed by atoms with Crippen LogP contribution in [-0.4, -0.2) is 5.11 Å². The monoisotopic (exact) mass is 329 g/mol. The van der Waals surface area contributed by atoms with Crippen molar-refractivity contribution in [1.29, 1.82) is 0 Å². The molecular formula is C15H14Cl3NO. The van der Waals surface area contributed by atoms with Crippen LogP contribution in [0.3, 0.4) is 0 Å². The number of hydrogen-bond donors (Lipinski definition) is 2. The van der Waals surface area contributed by atoms with Crippen LogP contribution in [0.5, 0.6) is 5.75 Å². The van der Waals surface area contributed by atoms with Crippen LogP contribution in [0.15, 0.2) is 36.4 Å². The molecular weight excluding hydrogens is 317 g/mol. The first-order valence-corrected chi connectivity index (χ1v) is 7.26. The molecule has 0 amide bonds. The van der Waals surface area contributed by atoms with Crippen LogP contribution in [-0.2, 0) is 6.54 Å². The fraction of sp³-hybridized carbons (Fsp3) is 0.200. The molecule has 0 saturated carbocycles. The Morgan fingerprint density at radius 1 is 1.05 bits per heavy atom. The van der Waals surface area contributed by atoms with Crippen molar-refractivity contribution in [2.24, 2.45) is 0 Å². The molecule has 5 heteroatoms. The summed E-state index contributed by atoms with van der Waals surface area (Å²) in [5, 5.41) is 14.7. The number of hydrogen-bond acceptors (Lipinski definition) is 2. The lowest BCUT2D eigenvalue weighted by Gasteiger charge is -2.15. The lowest BCUT2D eigenvalue weighted by Crippen LogP contribution is -2.18. The number of halogens is 3. The summed E-state index contributed by atoms with van der Waals surface area (Å²) in [5.41, 5.74) is 1.78. The molecule has 0 fully saturated rings. The molecule has 2 rings (SSSR count). The van der Waals surface area contributed by atoms with Crippen molar-refractivity contribution in [3.8, 4) is 5.75 Å². The van der Waals surface area contributed by atoms with E-state index >= 15 is 0 Å². The largest absolute Gasteiger partial charge is 0.506 e. The standard InChI is InChI=1S/C15H14Cl3NO/c1-9(10-2-4-12(16)5-3-10)19-8-11-6-13(17)7-14(18)15(11)20/h2-7,9,19-20H,8H2,1H3. The first-order valence-electron chi connectivity index (χ1n) is 6.13. The second kappa shape index (κ2) is 6.68. The van der Waals surface area contributed by atoms with Crippen LogP contribution < -0.4 is 5.32 Å². The van der Waals surface area contributed by atoms with Crippen molar-refractivity contribution in [2.75, 3.05) is 0 Å².